The first-order chi connectivity index (χ1) is 10.1. The summed E-state index contributed by atoms with van der Waals surface area (Å²) >= 11 is 0. The average molecular weight is 423 g/mol. The van der Waals surface area contributed by atoms with Crippen LogP contribution in [0.5, 0.6) is 0 Å². The zero-order chi connectivity index (χ0) is 14.8. The van der Waals surface area contributed by atoms with Crippen LogP contribution in [-0.4, -0.2) is 61.0 Å². The van der Waals surface area contributed by atoms with Crippen LogP contribution in [-0.2, 0) is 4.74 Å². The average Bonchev–Trinajstić information content (AvgIpc) is 3.19. The molecule has 0 aromatic rings. The molecular formula is C16H30IN3O2. The van der Waals surface area contributed by atoms with Crippen LogP contribution in [0.1, 0.15) is 45.4 Å². The molecule has 0 bridgehead atoms. The number of ether oxygens (including phenoxy) is 1. The zero-order valence-electron chi connectivity index (χ0n) is 13.6. The van der Waals surface area contributed by atoms with Crippen molar-refractivity contribution in [3.63, 3.8) is 0 Å². The molecule has 1 atom stereocenters. The number of aliphatic imine (C=N–C) groups is 1. The van der Waals surface area contributed by atoms with Gasteiger partial charge in [0.15, 0.2) is 5.96 Å². The predicted molar refractivity (Wildman–Crippen MR) is 98.9 cm³/mol. The van der Waals surface area contributed by atoms with E-state index in [1.54, 1.807) is 0 Å². The van der Waals surface area contributed by atoms with Crippen LogP contribution in [0, 0.1) is 5.41 Å². The van der Waals surface area contributed by atoms with E-state index in [2.05, 4.69) is 17.1 Å². The summed E-state index contributed by atoms with van der Waals surface area (Å²) in [6.45, 7) is 7.40. The van der Waals surface area contributed by atoms with Crippen molar-refractivity contribution in [1.29, 1.82) is 0 Å². The van der Waals surface area contributed by atoms with Crippen molar-refractivity contribution in [2.45, 2.75) is 51.0 Å². The Balaban J connectivity index is 0.00000176. The first-order valence-corrected chi connectivity index (χ1v) is 8.48. The maximum Gasteiger partial charge on any atom is 0.194 e. The van der Waals surface area contributed by atoms with Crippen molar-refractivity contribution < 1.29 is 9.84 Å². The summed E-state index contributed by atoms with van der Waals surface area (Å²) in [6.07, 6.45) is 6.43. The van der Waals surface area contributed by atoms with Crippen LogP contribution >= 0.6 is 24.0 Å². The van der Waals surface area contributed by atoms with E-state index in [9.17, 15) is 5.11 Å². The fraction of sp³-hybridized carbons (Fsp3) is 0.938. The van der Waals surface area contributed by atoms with Crippen LogP contribution in [0.4, 0.5) is 0 Å². The number of hydrogen-bond donors (Lipinski definition) is 2. The third-order valence-electron chi connectivity index (χ3n) is 5.32. The molecule has 2 aliphatic heterocycles. The van der Waals surface area contributed by atoms with Gasteiger partial charge in [0.25, 0.3) is 0 Å². The smallest absolute Gasteiger partial charge is 0.194 e. The molecule has 0 aromatic heterocycles. The highest BCUT2D eigenvalue weighted by Crippen LogP contribution is 2.38. The van der Waals surface area contributed by atoms with Crippen molar-refractivity contribution in [1.82, 2.24) is 10.2 Å². The van der Waals surface area contributed by atoms with Gasteiger partial charge in [0, 0.05) is 31.7 Å². The Morgan fingerprint density at radius 3 is 2.68 bits per heavy atom. The molecule has 3 fully saturated rings. The second kappa shape index (κ2) is 7.66. The van der Waals surface area contributed by atoms with Gasteiger partial charge in [-0.3, -0.25) is 4.99 Å². The molecule has 5 nitrogen and oxygen atoms in total. The molecule has 1 spiro atoms. The number of halogens is 1. The lowest BCUT2D eigenvalue weighted by molar-refractivity contribution is 0.0572. The summed E-state index contributed by atoms with van der Waals surface area (Å²) in [6, 6.07) is 0. The number of rotatable bonds is 3. The normalized spacial score (nSPS) is 30.8. The highest BCUT2D eigenvalue weighted by atomic mass is 127. The van der Waals surface area contributed by atoms with Gasteiger partial charge in [0.1, 0.15) is 0 Å². The minimum atomic E-state index is -0.561. The van der Waals surface area contributed by atoms with E-state index in [0.29, 0.717) is 12.0 Å². The fourth-order valence-corrected chi connectivity index (χ4v) is 3.93. The van der Waals surface area contributed by atoms with Crippen LogP contribution in [0.3, 0.4) is 0 Å². The molecule has 0 radical (unpaired) electrons. The minimum absolute atomic E-state index is 0. The van der Waals surface area contributed by atoms with Gasteiger partial charge in [-0.15, -0.1) is 24.0 Å². The van der Waals surface area contributed by atoms with Gasteiger partial charge in [0.2, 0.25) is 0 Å². The summed E-state index contributed by atoms with van der Waals surface area (Å²) in [5, 5.41) is 13.9. The van der Waals surface area contributed by atoms with E-state index < -0.39 is 5.60 Å². The standard InChI is InChI=1S/C16H29N3O2.HI/c1-2-17-14(18-11-16(20)5-3-4-6-16)19-9-7-15(12-19)8-10-21-13-15;/h20H,2-13H2,1H3,(H,17,18);1H. The topological polar surface area (TPSA) is 57.1 Å². The first-order valence-electron chi connectivity index (χ1n) is 8.48. The Labute approximate surface area is 150 Å². The molecule has 0 amide bonds. The van der Waals surface area contributed by atoms with Crippen molar-refractivity contribution in [3.05, 3.63) is 0 Å². The van der Waals surface area contributed by atoms with Crippen LogP contribution in [0.15, 0.2) is 4.99 Å². The number of guanidine groups is 1. The van der Waals surface area contributed by atoms with Crippen LogP contribution < -0.4 is 5.32 Å². The summed E-state index contributed by atoms with van der Waals surface area (Å²) < 4.78 is 5.60. The monoisotopic (exact) mass is 423 g/mol. The number of aliphatic hydroxyl groups is 1. The Bertz CT molecular complexity index is 391. The maximum atomic E-state index is 10.5. The number of nitrogens with one attached hydrogen (secondary N) is 1. The lowest BCUT2D eigenvalue weighted by atomic mass is 9.87. The molecule has 1 unspecified atom stereocenters. The minimum Gasteiger partial charge on any atom is -0.388 e. The SMILES string of the molecule is CCNC(=NCC1(O)CCCC1)N1CCC2(CCOC2)C1.I. The number of nitrogens with zero attached hydrogens (tertiary/aromatic N) is 2. The van der Waals surface area contributed by atoms with E-state index in [1.165, 1.54) is 12.8 Å². The van der Waals surface area contributed by atoms with Crippen molar-refractivity contribution in [3.8, 4) is 0 Å². The van der Waals surface area contributed by atoms with E-state index in [0.717, 1.165) is 64.5 Å². The van der Waals surface area contributed by atoms with Crippen molar-refractivity contribution >= 4 is 29.9 Å². The second-order valence-corrected chi connectivity index (χ2v) is 7.08. The molecule has 3 aliphatic rings. The Hall–Kier alpha value is -0.0800. The lowest BCUT2D eigenvalue weighted by Crippen LogP contribution is -2.42. The molecule has 1 aliphatic carbocycles. The molecule has 2 N–H and O–H groups in total. The van der Waals surface area contributed by atoms with Gasteiger partial charge in [-0.25, -0.2) is 0 Å². The predicted octanol–water partition coefficient (Wildman–Crippen LogP) is 1.99. The molecule has 6 heteroatoms. The Morgan fingerprint density at radius 2 is 2.05 bits per heavy atom. The summed E-state index contributed by atoms with van der Waals surface area (Å²) in [5.41, 5.74) is -0.213. The van der Waals surface area contributed by atoms with Crippen LogP contribution in [0.25, 0.3) is 0 Å². The Morgan fingerprint density at radius 1 is 1.27 bits per heavy atom. The van der Waals surface area contributed by atoms with E-state index in [4.69, 9.17) is 9.73 Å². The maximum absolute atomic E-state index is 10.5. The van der Waals surface area contributed by atoms with Gasteiger partial charge >= 0.3 is 0 Å². The van der Waals surface area contributed by atoms with E-state index >= 15 is 0 Å². The highest BCUT2D eigenvalue weighted by molar-refractivity contribution is 14.0. The number of hydrogen-bond acceptors (Lipinski definition) is 3. The second-order valence-electron chi connectivity index (χ2n) is 7.08. The summed E-state index contributed by atoms with van der Waals surface area (Å²) in [5.74, 6) is 0.974. The molecule has 2 heterocycles. The van der Waals surface area contributed by atoms with Gasteiger partial charge in [-0.1, -0.05) is 12.8 Å². The zero-order valence-corrected chi connectivity index (χ0v) is 16.0. The van der Waals surface area contributed by atoms with Gasteiger partial charge < -0.3 is 20.1 Å². The number of likely N-dealkylation sites (tertiary alicyclic amines) is 1. The van der Waals surface area contributed by atoms with Gasteiger partial charge in [-0.05, 0) is 32.6 Å². The molecule has 22 heavy (non-hydrogen) atoms. The van der Waals surface area contributed by atoms with E-state index in [-0.39, 0.29) is 24.0 Å². The molecule has 3 rings (SSSR count). The first kappa shape index (κ1) is 18.3. The van der Waals surface area contributed by atoms with Crippen LogP contribution in [0.2, 0.25) is 0 Å². The molecule has 1 saturated carbocycles. The summed E-state index contributed by atoms with van der Waals surface area (Å²) in [4.78, 5) is 7.10. The third-order valence-corrected chi connectivity index (χ3v) is 5.32. The molecular weight excluding hydrogens is 393 g/mol. The van der Waals surface area contributed by atoms with E-state index in [1.807, 2.05) is 0 Å². The molecule has 128 valence electrons. The molecule has 2 saturated heterocycles. The Kier molecular flexibility index (Phi) is 6.36. The quantitative estimate of drug-likeness (QED) is 0.414. The fourth-order valence-electron chi connectivity index (χ4n) is 3.93. The molecule has 0 aromatic carbocycles. The van der Waals surface area contributed by atoms with Gasteiger partial charge in [-0.2, -0.15) is 0 Å². The van der Waals surface area contributed by atoms with Crippen molar-refractivity contribution in [2.75, 3.05) is 39.4 Å². The third kappa shape index (κ3) is 4.06. The van der Waals surface area contributed by atoms with Gasteiger partial charge in [0.05, 0.1) is 18.8 Å². The van der Waals surface area contributed by atoms with Crippen molar-refractivity contribution in [2.24, 2.45) is 10.4 Å². The highest BCUT2D eigenvalue weighted by Gasteiger charge is 2.42. The largest absolute Gasteiger partial charge is 0.388 e. The lowest BCUT2D eigenvalue weighted by Gasteiger charge is -2.26. The summed E-state index contributed by atoms with van der Waals surface area (Å²) in [7, 11) is 0.